The third kappa shape index (κ3) is 5.53. The third-order valence-electron chi connectivity index (χ3n) is 5.40. The van der Waals surface area contributed by atoms with E-state index in [9.17, 15) is 31.2 Å². The van der Waals surface area contributed by atoms with Crippen LogP contribution in [-0.4, -0.2) is 44.2 Å². The molecule has 33 heavy (non-hydrogen) atoms. The number of rotatable bonds is 6. The molecule has 2 aromatic rings. The Morgan fingerprint density at radius 2 is 1.64 bits per heavy atom. The molecule has 7 nitrogen and oxygen atoms in total. The van der Waals surface area contributed by atoms with E-state index >= 15 is 0 Å². The number of anilines is 1. The van der Waals surface area contributed by atoms with Crippen LogP contribution in [0.2, 0.25) is 0 Å². The van der Waals surface area contributed by atoms with E-state index in [0.717, 1.165) is 22.5 Å². The number of carbonyl (C=O) groups is 2. The van der Waals surface area contributed by atoms with Crippen LogP contribution in [-0.2, 0) is 21.0 Å². The molecular weight excluding hydrogens is 459 g/mol. The van der Waals surface area contributed by atoms with Gasteiger partial charge in [0.25, 0.3) is 5.91 Å². The Labute approximate surface area is 190 Å². The summed E-state index contributed by atoms with van der Waals surface area (Å²) >= 11 is 0. The van der Waals surface area contributed by atoms with Crippen molar-refractivity contribution in [3.63, 3.8) is 0 Å². The van der Waals surface area contributed by atoms with Gasteiger partial charge in [0.05, 0.1) is 21.7 Å². The van der Waals surface area contributed by atoms with Gasteiger partial charge in [0.15, 0.2) is 0 Å². The minimum absolute atomic E-state index is 0.0927. The Kier molecular flexibility index (Phi) is 7.43. The number of amides is 2. The molecule has 3 rings (SSSR count). The van der Waals surface area contributed by atoms with E-state index in [2.05, 4.69) is 10.6 Å². The molecule has 0 radical (unpaired) electrons. The van der Waals surface area contributed by atoms with Gasteiger partial charge >= 0.3 is 6.18 Å². The molecule has 178 valence electrons. The van der Waals surface area contributed by atoms with Gasteiger partial charge in [-0.15, -0.1) is 0 Å². The lowest BCUT2D eigenvalue weighted by Gasteiger charge is -2.31. The predicted octanol–water partition coefficient (Wildman–Crippen LogP) is 3.49. The Morgan fingerprint density at radius 1 is 1.03 bits per heavy atom. The standard InChI is InChI=1S/C22H24F3N3O4S/c1-2-26-21(30)16-7-3-5-9-18(16)27-20(29)15-11-13-28(14-12-15)33(31,32)19-10-6-4-8-17(19)22(23,24)25/h3-10,15H,2,11-14H2,1H3,(H,26,30)(H,27,29). The van der Waals surface area contributed by atoms with Gasteiger partial charge in [0.1, 0.15) is 0 Å². The minimum Gasteiger partial charge on any atom is -0.352 e. The fourth-order valence-corrected chi connectivity index (χ4v) is 5.39. The topological polar surface area (TPSA) is 95.6 Å². The Morgan fingerprint density at radius 3 is 2.27 bits per heavy atom. The zero-order chi connectivity index (χ0) is 24.2. The van der Waals surface area contributed by atoms with Crippen molar-refractivity contribution in [1.82, 2.24) is 9.62 Å². The molecule has 2 amide bonds. The highest BCUT2D eigenvalue weighted by Gasteiger charge is 2.40. The molecule has 0 aromatic heterocycles. The van der Waals surface area contributed by atoms with Crippen LogP contribution >= 0.6 is 0 Å². The Balaban J connectivity index is 1.70. The van der Waals surface area contributed by atoms with Crippen molar-refractivity contribution in [1.29, 1.82) is 0 Å². The van der Waals surface area contributed by atoms with Gasteiger partial charge in [-0.05, 0) is 44.0 Å². The van der Waals surface area contributed by atoms with Gasteiger partial charge in [-0.2, -0.15) is 17.5 Å². The summed E-state index contributed by atoms with van der Waals surface area (Å²) in [6.07, 6.45) is -4.52. The largest absolute Gasteiger partial charge is 0.417 e. The van der Waals surface area contributed by atoms with Gasteiger partial charge in [-0.3, -0.25) is 9.59 Å². The molecule has 1 fully saturated rings. The number of sulfonamides is 1. The molecule has 11 heteroatoms. The fraction of sp³-hybridized carbons (Fsp3) is 0.364. The van der Waals surface area contributed by atoms with E-state index in [1.54, 1.807) is 31.2 Å². The predicted molar refractivity (Wildman–Crippen MR) is 116 cm³/mol. The zero-order valence-corrected chi connectivity index (χ0v) is 18.7. The van der Waals surface area contributed by atoms with E-state index in [4.69, 9.17) is 0 Å². The fourth-order valence-electron chi connectivity index (χ4n) is 3.70. The van der Waals surface area contributed by atoms with Crippen LogP contribution in [0, 0.1) is 5.92 Å². The summed E-state index contributed by atoms with van der Waals surface area (Å²) in [6, 6.07) is 10.6. The van der Waals surface area contributed by atoms with Gasteiger partial charge in [-0.1, -0.05) is 24.3 Å². The van der Waals surface area contributed by atoms with Crippen LogP contribution in [0.15, 0.2) is 53.4 Å². The summed E-state index contributed by atoms with van der Waals surface area (Å²) in [5, 5.41) is 5.38. The number of piperidine rings is 1. The number of hydrogen-bond acceptors (Lipinski definition) is 4. The highest BCUT2D eigenvalue weighted by atomic mass is 32.2. The van der Waals surface area contributed by atoms with Crippen molar-refractivity contribution in [3.8, 4) is 0 Å². The van der Waals surface area contributed by atoms with Crippen molar-refractivity contribution in [2.75, 3.05) is 25.0 Å². The van der Waals surface area contributed by atoms with E-state index in [1.807, 2.05) is 0 Å². The van der Waals surface area contributed by atoms with E-state index in [-0.39, 0.29) is 37.7 Å². The SMILES string of the molecule is CCNC(=O)c1ccccc1NC(=O)C1CCN(S(=O)(=O)c2ccccc2C(F)(F)F)CC1. The lowest BCUT2D eigenvalue weighted by Crippen LogP contribution is -2.42. The van der Waals surface area contributed by atoms with Crippen LogP contribution in [0.5, 0.6) is 0 Å². The molecular formula is C22H24F3N3O4S. The molecule has 1 aliphatic rings. The highest BCUT2D eigenvalue weighted by Crippen LogP contribution is 2.36. The van der Waals surface area contributed by atoms with E-state index in [1.165, 1.54) is 6.07 Å². The van der Waals surface area contributed by atoms with Crippen LogP contribution < -0.4 is 10.6 Å². The summed E-state index contributed by atoms with van der Waals surface area (Å²) in [5.41, 5.74) is -0.578. The number of nitrogens with one attached hydrogen (secondary N) is 2. The zero-order valence-electron chi connectivity index (χ0n) is 17.9. The number of benzene rings is 2. The number of alkyl halides is 3. The molecule has 0 unspecified atom stereocenters. The normalized spacial score (nSPS) is 15.8. The molecule has 2 aromatic carbocycles. The maximum Gasteiger partial charge on any atom is 0.417 e. The number of carbonyl (C=O) groups excluding carboxylic acids is 2. The van der Waals surface area contributed by atoms with Crippen LogP contribution in [0.25, 0.3) is 0 Å². The number of hydrogen-bond donors (Lipinski definition) is 2. The Hall–Kier alpha value is -2.92. The number of halogens is 3. The molecule has 0 spiro atoms. The first-order valence-electron chi connectivity index (χ1n) is 10.4. The molecule has 2 N–H and O–H groups in total. The maximum absolute atomic E-state index is 13.3. The minimum atomic E-state index is -4.81. The highest BCUT2D eigenvalue weighted by molar-refractivity contribution is 7.89. The van der Waals surface area contributed by atoms with Crippen LogP contribution in [0.4, 0.5) is 18.9 Å². The van der Waals surface area contributed by atoms with E-state index < -0.39 is 32.6 Å². The molecule has 1 saturated heterocycles. The Bertz CT molecular complexity index is 1130. The van der Waals surface area contributed by atoms with Crippen molar-refractivity contribution in [2.45, 2.75) is 30.8 Å². The van der Waals surface area contributed by atoms with Gasteiger partial charge in [0, 0.05) is 25.6 Å². The summed E-state index contributed by atoms with van der Waals surface area (Å²) in [5.74, 6) is -1.26. The van der Waals surface area contributed by atoms with E-state index in [0.29, 0.717) is 17.8 Å². The number of nitrogens with zero attached hydrogens (tertiary/aromatic N) is 1. The average Bonchev–Trinajstić information content (AvgIpc) is 2.79. The van der Waals surface area contributed by atoms with Crippen molar-refractivity contribution in [2.24, 2.45) is 5.92 Å². The molecule has 0 atom stereocenters. The van der Waals surface area contributed by atoms with Gasteiger partial charge in [-0.25, -0.2) is 8.42 Å². The van der Waals surface area contributed by atoms with Crippen molar-refractivity contribution < 1.29 is 31.2 Å². The molecule has 0 bridgehead atoms. The summed E-state index contributed by atoms with van der Waals surface area (Å²) in [6.45, 7) is 2.01. The van der Waals surface area contributed by atoms with Gasteiger partial charge in [0.2, 0.25) is 15.9 Å². The summed E-state index contributed by atoms with van der Waals surface area (Å²) in [7, 11) is -4.38. The van der Waals surface area contributed by atoms with Crippen molar-refractivity contribution >= 4 is 27.5 Å². The first kappa shape index (κ1) is 24.7. The van der Waals surface area contributed by atoms with Gasteiger partial charge < -0.3 is 10.6 Å². The monoisotopic (exact) mass is 483 g/mol. The summed E-state index contributed by atoms with van der Waals surface area (Å²) in [4.78, 5) is 24.2. The first-order valence-corrected chi connectivity index (χ1v) is 11.8. The third-order valence-corrected chi connectivity index (χ3v) is 7.36. The maximum atomic E-state index is 13.3. The second-order valence-corrected chi connectivity index (χ2v) is 9.47. The van der Waals surface area contributed by atoms with Crippen molar-refractivity contribution in [3.05, 3.63) is 59.7 Å². The molecule has 0 aliphatic carbocycles. The molecule has 1 heterocycles. The van der Waals surface area contributed by atoms with Crippen LogP contribution in [0.1, 0.15) is 35.7 Å². The lowest BCUT2D eigenvalue weighted by molar-refractivity contribution is -0.139. The molecule has 1 aliphatic heterocycles. The smallest absolute Gasteiger partial charge is 0.352 e. The average molecular weight is 484 g/mol. The second-order valence-electron chi connectivity index (χ2n) is 7.57. The first-order chi connectivity index (χ1) is 15.6. The van der Waals surface area contributed by atoms with Crippen LogP contribution in [0.3, 0.4) is 0 Å². The second kappa shape index (κ2) is 9.92. The quantitative estimate of drug-likeness (QED) is 0.658. The molecule has 0 saturated carbocycles. The number of para-hydroxylation sites is 1. The summed E-state index contributed by atoms with van der Waals surface area (Å²) < 4.78 is 66.6. The lowest BCUT2D eigenvalue weighted by atomic mass is 9.97.